The third-order valence-corrected chi connectivity index (χ3v) is 4.35. The number of rotatable bonds is 5. The third-order valence-electron chi connectivity index (χ3n) is 2.97. The van der Waals surface area contributed by atoms with E-state index in [2.05, 4.69) is 9.88 Å². The van der Waals surface area contributed by atoms with Gasteiger partial charge in [-0.25, -0.2) is 8.42 Å². The molecule has 1 N–H and O–H groups in total. The summed E-state index contributed by atoms with van der Waals surface area (Å²) in [6, 6.07) is 6.37. The normalized spacial score (nSPS) is 11.1. The Labute approximate surface area is 129 Å². The fourth-order valence-corrected chi connectivity index (χ4v) is 3.09. The maximum Gasteiger partial charge on any atom is 0.266 e. The van der Waals surface area contributed by atoms with Gasteiger partial charge in [0.05, 0.1) is 7.11 Å². The second-order valence-electron chi connectivity index (χ2n) is 5.00. The van der Waals surface area contributed by atoms with Gasteiger partial charge in [-0.2, -0.15) is 0 Å². The van der Waals surface area contributed by atoms with Crippen molar-refractivity contribution in [1.82, 2.24) is 5.16 Å². The summed E-state index contributed by atoms with van der Waals surface area (Å²) in [5.74, 6) is 0.955. The molecular formula is C15H18N2O4S. The lowest BCUT2D eigenvalue weighted by Gasteiger charge is -2.09. The second-order valence-corrected chi connectivity index (χ2v) is 6.65. The molecule has 7 heteroatoms. The minimum atomic E-state index is -3.81. The number of para-hydroxylation sites is 1. The van der Waals surface area contributed by atoms with E-state index >= 15 is 0 Å². The molecular weight excluding hydrogens is 304 g/mol. The Morgan fingerprint density at radius 1 is 1.32 bits per heavy atom. The fraction of sp³-hybridized carbons (Fsp3) is 0.267. The van der Waals surface area contributed by atoms with Gasteiger partial charge < -0.3 is 9.26 Å². The third kappa shape index (κ3) is 3.30. The van der Waals surface area contributed by atoms with Crippen molar-refractivity contribution < 1.29 is 17.7 Å². The van der Waals surface area contributed by atoms with E-state index in [9.17, 15) is 8.42 Å². The molecule has 0 aliphatic carbocycles. The van der Waals surface area contributed by atoms with Crippen LogP contribution in [0.2, 0.25) is 0 Å². The van der Waals surface area contributed by atoms with E-state index in [0.29, 0.717) is 11.3 Å². The molecule has 0 aliphatic heterocycles. The van der Waals surface area contributed by atoms with E-state index in [1.807, 2.05) is 13.8 Å². The molecule has 1 aromatic heterocycles. The van der Waals surface area contributed by atoms with Gasteiger partial charge in [-0.1, -0.05) is 22.9 Å². The Kier molecular flexibility index (Phi) is 4.56. The molecule has 2 aromatic rings. The van der Waals surface area contributed by atoms with Crippen molar-refractivity contribution in [2.45, 2.75) is 25.7 Å². The molecule has 1 aromatic carbocycles. The van der Waals surface area contributed by atoms with Crippen molar-refractivity contribution in [1.29, 1.82) is 0 Å². The fourth-order valence-electron chi connectivity index (χ4n) is 1.86. The monoisotopic (exact) mass is 322 g/mol. The number of aromatic nitrogens is 1. The van der Waals surface area contributed by atoms with Gasteiger partial charge in [0.1, 0.15) is 10.6 Å². The average molecular weight is 322 g/mol. The molecule has 0 radical (unpaired) electrons. The van der Waals surface area contributed by atoms with Crippen LogP contribution in [0.4, 0.5) is 5.82 Å². The van der Waals surface area contributed by atoms with E-state index < -0.39 is 10.0 Å². The van der Waals surface area contributed by atoms with Crippen molar-refractivity contribution in [3.63, 3.8) is 0 Å². The first kappa shape index (κ1) is 16.1. The number of sulfonamides is 1. The zero-order valence-electron chi connectivity index (χ0n) is 12.9. The highest BCUT2D eigenvalue weighted by atomic mass is 32.2. The largest absolute Gasteiger partial charge is 0.495 e. The quantitative estimate of drug-likeness (QED) is 0.914. The Morgan fingerprint density at radius 2 is 2.00 bits per heavy atom. The van der Waals surface area contributed by atoms with Gasteiger partial charge in [-0.3, -0.25) is 4.72 Å². The lowest BCUT2D eigenvalue weighted by molar-refractivity contribution is 0.402. The molecule has 1 heterocycles. The van der Waals surface area contributed by atoms with Gasteiger partial charge in [0.2, 0.25) is 0 Å². The first-order chi connectivity index (χ1) is 10.3. The summed E-state index contributed by atoms with van der Waals surface area (Å²) in [5, 5.41) is 3.78. The van der Waals surface area contributed by atoms with Crippen LogP contribution in [0, 0.1) is 6.92 Å². The van der Waals surface area contributed by atoms with Crippen molar-refractivity contribution in [3.05, 3.63) is 41.2 Å². The maximum atomic E-state index is 12.5. The van der Waals surface area contributed by atoms with Crippen LogP contribution in [0.15, 0.2) is 39.3 Å². The van der Waals surface area contributed by atoms with E-state index in [-0.39, 0.29) is 16.5 Å². The minimum Gasteiger partial charge on any atom is -0.495 e. The SMILES string of the molecule is COc1ccccc1S(=O)(=O)Nc1noc(C=C(C)C)c1C. The van der Waals surface area contributed by atoms with E-state index in [1.54, 1.807) is 31.2 Å². The average Bonchev–Trinajstić information content (AvgIpc) is 2.79. The summed E-state index contributed by atoms with van der Waals surface area (Å²) >= 11 is 0. The highest BCUT2D eigenvalue weighted by molar-refractivity contribution is 7.92. The zero-order chi connectivity index (χ0) is 16.3. The predicted molar refractivity (Wildman–Crippen MR) is 84.4 cm³/mol. The molecule has 0 atom stereocenters. The van der Waals surface area contributed by atoms with Crippen LogP contribution in [0.25, 0.3) is 6.08 Å². The topological polar surface area (TPSA) is 81.4 Å². The Bertz CT molecular complexity index is 803. The van der Waals surface area contributed by atoms with Crippen LogP contribution in [0.3, 0.4) is 0 Å². The number of allylic oxidation sites excluding steroid dienone is 1. The second kappa shape index (κ2) is 6.23. The van der Waals surface area contributed by atoms with Gasteiger partial charge in [-0.05, 0) is 39.0 Å². The highest BCUT2D eigenvalue weighted by Gasteiger charge is 2.22. The molecule has 6 nitrogen and oxygen atoms in total. The smallest absolute Gasteiger partial charge is 0.266 e. The molecule has 0 aliphatic rings. The number of anilines is 1. The molecule has 2 rings (SSSR count). The zero-order valence-corrected chi connectivity index (χ0v) is 13.7. The number of hydrogen-bond acceptors (Lipinski definition) is 5. The van der Waals surface area contributed by atoms with Crippen LogP contribution >= 0.6 is 0 Å². The standard InChI is InChI=1S/C15H18N2O4S/c1-10(2)9-13-11(3)15(16-21-13)17-22(18,19)14-8-6-5-7-12(14)20-4/h5-9H,1-4H3,(H,16,17). The van der Waals surface area contributed by atoms with Crippen molar-refractivity contribution >= 4 is 21.9 Å². The number of methoxy groups -OCH3 is 1. The highest BCUT2D eigenvalue weighted by Crippen LogP contribution is 2.27. The Morgan fingerprint density at radius 3 is 2.64 bits per heavy atom. The molecule has 0 saturated heterocycles. The summed E-state index contributed by atoms with van der Waals surface area (Å²) in [5.41, 5.74) is 1.65. The lowest BCUT2D eigenvalue weighted by atomic mass is 10.2. The van der Waals surface area contributed by atoms with E-state index in [4.69, 9.17) is 9.26 Å². The van der Waals surface area contributed by atoms with Crippen molar-refractivity contribution in [2.75, 3.05) is 11.8 Å². The molecule has 0 unspecified atom stereocenters. The molecule has 0 spiro atoms. The van der Waals surface area contributed by atoms with Gasteiger partial charge in [-0.15, -0.1) is 0 Å². The molecule has 118 valence electrons. The minimum absolute atomic E-state index is 0.0451. The van der Waals surface area contributed by atoms with Crippen LogP contribution in [0.5, 0.6) is 5.75 Å². The van der Waals surface area contributed by atoms with Crippen molar-refractivity contribution in [2.24, 2.45) is 0 Å². The van der Waals surface area contributed by atoms with Crippen LogP contribution < -0.4 is 9.46 Å². The number of hydrogen-bond donors (Lipinski definition) is 1. The van der Waals surface area contributed by atoms with E-state index in [0.717, 1.165) is 5.57 Å². The molecule has 0 saturated carbocycles. The van der Waals surface area contributed by atoms with Crippen LogP contribution in [-0.4, -0.2) is 20.7 Å². The van der Waals surface area contributed by atoms with Gasteiger partial charge in [0.15, 0.2) is 11.6 Å². The molecule has 0 fully saturated rings. The van der Waals surface area contributed by atoms with E-state index in [1.165, 1.54) is 13.2 Å². The maximum absolute atomic E-state index is 12.5. The number of nitrogens with one attached hydrogen (secondary N) is 1. The lowest BCUT2D eigenvalue weighted by Crippen LogP contribution is -2.14. The first-order valence-electron chi connectivity index (χ1n) is 6.62. The summed E-state index contributed by atoms with van der Waals surface area (Å²) in [4.78, 5) is 0.0451. The molecule has 0 amide bonds. The summed E-state index contributed by atoms with van der Waals surface area (Å²) < 4.78 is 37.6. The predicted octanol–water partition coefficient (Wildman–Crippen LogP) is 3.22. The molecule has 0 bridgehead atoms. The summed E-state index contributed by atoms with van der Waals surface area (Å²) in [6.07, 6.45) is 1.79. The van der Waals surface area contributed by atoms with Crippen molar-refractivity contribution in [3.8, 4) is 5.75 Å². The molecule has 22 heavy (non-hydrogen) atoms. The number of nitrogens with zero attached hydrogens (tertiary/aromatic N) is 1. The van der Waals surface area contributed by atoms with Gasteiger partial charge in [0, 0.05) is 5.56 Å². The summed E-state index contributed by atoms with van der Waals surface area (Å²) in [7, 11) is -2.39. The van der Waals surface area contributed by atoms with Crippen LogP contribution in [-0.2, 0) is 10.0 Å². The van der Waals surface area contributed by atoms with Gasteiger partial charge >= 0.3 is 0 Å². The number of ether oxygens (including phenoxy) is 1. The Hall–Kier alpha value is -2.28. The number of benzene rings is 1. The summed E-state index contributed by atoms with van der Waals surface area (Å²) in [6.45, 7) is 5.58. The van der Waals surface area contributed by atoms with Gasteiger partial charge in [0.25, 0.3) is 10.0 Å². The Balaban J connectivity index is 2.38. The first-order valence-corrected chi connectivity index (χ1v) is 8.10. The van der Waals surface area contributed by atoms with Crippen LogP contribution in [0.1, 0.15) is 25.2 Å².